The number of rotatable bonds is 16. The third-order valence-corrected chi connectivity index (χ3v) is 8.37. The summed E-state index contributed by atoms with van der Waals surface area (Å²) in [5.41, 5.74) is 10.1. The van der Waals surface area contributed by atoms with Gasteiger partial charge >= 0.3 is 0 Å². The maximum atomic E-state index is 12.8. The summed E-state index contributed by atoms with van der Waals surface area (Å²) in [4.78, 5) is 14.9. The maximum Gasteiger partial charge on any atom is 0.246 e. The minimum atomic E-state index is -0.209. The highest BCUT2D eigenvalue weighted by Gasteiger charge is 2.36. The first-order valence-corrected chi connectivity index (χ1v) is 15.5. The van der Waals surface area contributed by atoms with Crippen LogP contribution < -0.4 is 10.6 Å². The average molecular weight is 556 g/mol. The molecule has 0 saturated carbocycles. The van der Waals surface area contributed by atoms with Gasteiger partial charge in [0, 0.05) is 42.4 Å². The van der Waals surface area contributed by atoms with Crippen LogP contribution in [0.15, 0.2) is 67.5 Å². The molecule has 0 aliphatic carbocycles. The Labute approximate surface area is 247 Å². The lowest BCUT2D eigenvalue weighted by atomic mass is 9.90. The second-order valence-corrected chi connectivity index (χ2v) is 11.6. The molecule has 4 rings (SSSR count). The summed E-state index contributed by atoms with van der Waals surface area (Å²) in [7, 11) is 0. The van der Waals surface area contributed by atoms with Gasteiger partial charge < -0.3 is 20.3 Å². The number of hydrogen-bond acceptors (Lipinski definition) is 4. The van der Waals surface area contributed by atoms with E-state index in [1.54, 1.807) is 0 Å². The third-order valence-electron chi connectivity index (χ3n) is 8.37. The average Bonchev–Trinajstić information content (AvgIpc) is 3.29. The van der Waals surface area contributed by atoms with Crippen LogP contribution in [0.3, 0.4) is 0 Å². The SMILES string of the molecule is C=C(CCc1cccc(-c2c(C)ccc3c2C(=C)N(C2CCC(=C)NC2=O)C3)c1)NCCOCCCCCCCC. The fourth-order valence-corrected chi connectivity index (χ4v) is 6.02. The van der Waals surface area contributed by atoms with Crippen LogP contribution >= 0.6 is 0 Å². The number of amides is 1. The molecule has 0 bridgehead atoms. The summed E-state index contributed by atoms with van der Waals surface area (Å²) in [5.74, 6) is 0.0219. The van der Waals surface area contributed by atoms with E-state index in [0.717, 1.165) is 69.0 Å². The van der Waals surface area contributed by atoms with Gasteiger partial charge in [0.25, 0.3) is 0 Å². The van der Waals surface area contributed by atoms with Crippen LogP contribution in [0.5, 0.6) is 0 Å². The molecule has 2 heterocycles. The minimum absolute atomic E-state index is 0.0219. The Bertz CT molecular complexity index is 1250. The van der Waals surface area contributed by atoms with Crippen molar-refractivity contribution >= 4 is 11.6 Å². The van der Waals surface area contributed by atoms with Crippen LogP contribution in [0.25, 0.3) is 16.8 Å². The Morgan fingerprint density at radius 1 is 1.07 bits per heavy atom. The van der Waals surface area contributed by atoms with Gasteiger partial charge in [-0.3, -0.25) is 4.79 Å². The first-order valence-electron chi connectivity index (χ1n) is 15.5. The molecule has 1 unspecified atom stereocenters. The molecule has 1 fully saturated rings. The molecule has 220 valence electrons. The minimum Gasteiger partial charge on any atom is -0.386 e. The molecule has 1 saturated heterocycles. The van der Waals surface area contributed by atoms with Gasteiger partial charge in [-0.1, -0.05) is 95.2 Å². The Balaban J connectivity index is 1.30. The van der Waals surface area contributed by atoms with Crippen LogP contribution in [0.4, 0.5) is 0 Å². The van der Waals surface area contributed by atoms with Gasteiger partial charge in [0.15, 0.2) is 0 Å². The largest absolute Gasteiger partial charge is 0.386 e. The number of nitrogens with zero attached hydrogens (tertiary/aromatic N) is 1. The Morgan fingerprint density at radius 3 is 2.68 bits per heavy atom. The van der Waals surface area contributed by atoms with E-state index in [1.165, 1.54) is 65.5 Å². The van der Waals surface area contributed by atoms with Crippen LogP contribution in [-0.2, 0) is 22.5 Å². The first-order chi connectivity index (χ1) is 19.9. The fraction of sp³-hybridized carbons (Fsp3) is 0.472. The highest BCUT2D eigenvalue weighted by Crippen LogP contribution is 2.42. The molecule has 2 aliphatic heterocycles. The van der Waals surface area contributed by atoms with Crippen molar-refractivity contribution < 1.29 is 9.53 Å². The van der Waals surface area contributed by atoms with Crippen molar-refractivity contribution in [1.29, 1.82) is 0 Å². The van der Waals surface area contributed by atoms with Gasteiger partial charge in [0.2, 0.25) is 5.91 Å². The lowest BCUT2D eigenvalue weighted by Crippen LogP contribution is -2.47. The van der Waals surface area contributed by atoms with E-state index in [4.69, 9.17) is 4.74 Å². The predicted molar refractivity (Wildman–Crippen MR) is 171 cm³/mol. The molecule has 0 spiro atoms. The third kappa shape index (κ3) is 8.13. The summed E-state index contributed by atoms with van der Waals surface area (Å²) >= 11 is 0. The van der Waals surface area contributed by atoms with Crippen molar-refractivity contribution in [2.75, 3.05) is 19.8 Å². The second-order valence-electron chi connectivity index (χ2n) is 11.6. The van der Waals surface area contributed by atoms with E-state index in [9.17, 15) is 4.79 Å². The number of aryl methyl sites for hydroxylation is 2. The molecule has 41 heavy (non-hydrogen) atoms. The monoisotopic (exact) mass is 555 g/mol. The number of carbonyl (C=O) groups is 1. The summed E-state index contributed by atoms with van der Waals surface area (Å²) in [6.45, 7) is 20.1. The molecule has 2 aromatic carbocycles. The van der Waals surface area contributed by atoms with Crippen LogP contribution in [0, 0.1) is 6.92 Å². The van der Waals surface area contributed by atoms with Crippen molar-refractivity contribution in [3.8, 4) is 11.1 Å². The number of piperidine rings is 1. The van der Waals surface area contributed by atoms with Crippen molar-refractivity contribution in [1.82, 2.24) is 15.5 Å². The number of ether oxygens (including phenoxy) is 1. The zero-order valence-electron chi connectivity index (χ0n) is 25.3. The highest BCUT2D eigenvalue weighted by atomic mass is 16.5. The van der Waals surface area contributed by atoms with E-state index in [0.29, 0.717) is 6.54 Å². The van der Waals surface area contributed by atoms with Crippen LogP contribution in [0.1, 0.15) is 87.0 Å². The van der Waals surface area contributed by atoms with Crippen molar-refractivity contribution in [2.24, 2.45) is 0 Å². The molecule has 1 atom stereocenters. The summed E-state index contributed by atoms with van der Waals surface area (Å²) < 4.78 is 5.79. The summed E-state index contributed by atoms with van der Waals surface area (Å²) in [5, 5.41) is 6.37. The Kier molecular flexibility index (Phi) is 11.3. The molecule has 5 nitrogen and oxygen atoms in total. The quantitative estimate of drug-likeness (QED) is 0.209. The predicted octanol–water partition coefficient (Wildman–Crippen LogP) is 7.65. The second kappa shape index (κ2) is 15.1. The van der Waals surface area contributed by atoms with Crippen molar-refractivity contribution in [3.63, 3.8) is 0 Å². The van der Waals surface area contributed by atoms with Crippen LogP contribution in [-0.4, -0.2) is 36.6 Å². The van der Waals surface area contributed by atoms with Gasteiger partial charge in [-0.25, -0.2) is 0 Å². The molecular formula is C36H49N3O2. The first kappa shape index (κ1) is 30.6. The van der Waals surface area contributed by atoms with Gasteiger partial charge in [0.05, 0.1) is 6.61 Å². The van der Waals surface area contributed by atoms with E-state index < -0.39 is 0 Å². The normalized spacial score (nSPS) is 16.6. The zero-order chi connectivity index (χ0) is 29.2. The Morgan fingerprint density at radius 2 is 1.88 bits per heavy atom. The molecule has 1 amide bonds. The van der Waals surface area contributed by atoms with Gasteiger partial charge in [-0.2, -0.15) is 0 Å². The summed E-state index contributed by atoms with van der Waals surface area (Å²) in [6.07, 6.45) is 11.1. The van der Waals surface area contributed by atoms with Gasteiger partial charge in [-0.05, 0) is 66.8 Å². The molecule has 0 aromatic heterocycles. The van der Waals surface area contributed by atoms with E-state index in [-0.39, 0.29) is 11.9 Å². The highest BCUT2D eigenvalue weighted by molar-refractivity contribution is 5.90. The van der Waals surface area contributed by atoms with E-state index >= 15 is 0 Å². The topological polar surface area (TPSA) is 53.6 Å². The molecule has 5 heteroatoms. The van der Waals surface area contributed by atoms with Gasteiger partial charge in [0.1, 0.15) is 6.04 Å². The number of nitrogens with one attached hydrogen (secondary N) is 2. The van der Waals surface area contributed by atoms with Crippen molar-refractivity contribution in [3.05, 3.63) is 89.8 Å². The van der Waals surface area contributed by atoms with Crippen LogP contribution in [0.2, 0.25) is 0 Å². The van der Waals surface area contributed by atoms with Gasteiger partial charge in [-0.15, -0.1) is 0 Å². The molecule has 2 aliphatic rings. The number of carbonyl (C=O) groups excluding carboxylic acids is 1. The molecule has 0 radical (unpaired) electrons. The number of benzene rings is 2. The molecular weight excluding hydrogens is 506 g/mol. The summed E-state index contributed by atoms with van der Waals surface area (Å²) in [6, 6.07) is 13.0. The number of unbranched alkanes of at least 4 members (excludes halogenated alkanes) is 5. The number of hydrogen-bond donors (Lipinski definition) is 2. The molecule has 2 aromatic rings. The number of allylic oxidation sites excluding steroid dienone is 2. The molecule has 2 N–H and O–H groups in total. The number of fused-ring (bicyclic) bond motifs is 1. The van der Waals surface area contributed by atoms with Crippen molar-refractivity contribution in [2.45, 2.75) is 90.6 Å². The lowest BCUT2D eigenvalue weighted by Gasteiger charge is -2.33. The lowest BCUT2D eigenvalue weighted by molar-refractivity contribution is -0.125. The zero-order valence-corrected chi connectivity index (χ0v) is 25.3. The Hall–Kier alpha value is -3.31. The smallest absolute Gasteiger partial charge is 0.246 e. The van der Waals surface area contributed by atoms with E-state index in [1.807, 2.05) is 0 Å². The standard InChI is InChI=1S/C36H49N3O2/c1-6-7-8-9-10-11-22-41-23-21-37-27(3)16-18-30-13-12-14-31(24-30)34-26(2)15-19-32-25-39(29(5)35(32)34)33-20-17-28(4)38-36(33)40/h12-15,19,24,33,37H,3-11,16-18,20-23,25H2,1-2H3,(H,38,40). The fourth-order valence-electron chi connectivity index (χ4n) is 6.02. The van der Waals surface area contributed by atoms with E-state index in [2.05, 4.69) is 85.5 Å². The maximum absolute atomic E-state index is 12.8.